The van der Waals surface area contributed by atoms with Crippen LogP contribution in [0.25, 0.3) is 0 Å². The SMILES string of the molecule is Cn1cc(CS(=O)c2c(N)cccc2Cl)nn1. The Morgan fingerprint density at radius 3 is 2.88 bits per heavy atom. The molecule has 0 aliphatic carbocycles. The van der Waals surface area contributed by atoms with Gasteiger partial charge in [0.25, 0.3) is 0 Å². The van der Waals surface area contributed by atoms with Gasteiger partial charge in [-0.05, 0) is 12.1 Å². The van der Waals surface area contributed by atoms with Gasteiger partial charge >= 0.3 is 0 Å². The molecule has 0 bridgehead atoms. The predicted octanol–water partition coefficient (Wildman–Crippen LogP) is 1.36. The number of anilines is 1. The summed E-state index contributed by atoms with van der Waals surface area (Å²) in [5, 5.41) is 8.06. The van der Waals surface area contributed by atoms with Crippen LogP contribution in [0.5, 0.6) is 0 Å². The Morgan fingerprint density at radius 2 is 2.29 bits per heavy atom. The number of nitrogens with zero attached hydrogens (tertiary/aromatic N) is 3. The highest BCUT2D eigenvalue weighted by Gasteiger charge is 2.14. The predicted molar refractivity (Wildman–Crippen MR) is 67.0 cm³/mol. The molecule has 0 spiro atoms. The maximum absolute atomic E-state index is 12.1. The Hall–Kier alpha value is -1.40. The fourth-order valence-corrected chi connectivity index (χ4v) is 3.04. The average Bonchev–Trinajstić information content (AvgIpc) is 2.63. The second kappa shape index (κ2) is 4.85. The van der Waals surface area contributed by atoms with Crippen molar-refractivity contribution in [1.82, 2.24) is 15.0 Å². The van der Waals surface area contributed by atoms with Gasteiger partial charge in [-0.15, -0.1) is 5.10 Å². The van der Waals surface area contributed by atoms with E-state index in [4.69, 9.17) is 17.3 Å². The number of aryl methyl sites for hydroxylation is 1. The van der Waals surface area contributed by atoms with Crippen LogP contribution in [0.1, 0.15) is 5.69 Å². The second-order valence-corrected chi connectivity index (χ2v) is 5.33. The molecule has 2 N–H and O–H groups in total. The first-order valence-corrected chi connectivity index (χ1v) is 6.55. The van der Waals surface area contributed by atoms with Crippen LogP contribution in [-0.4, -0.2) is 19.2 Å². The van der Waals surface area contributed by atoms with Crippen molar-refractivity contribution in [2.45, 2.75) is 10.6 Å². The van der Waals surface area contributed by atoms with Gasteiger partial charge in [-0.2, -0.15) is 0 Å². The molecule has 0 aliphatic rings. The van der Waals surface area contributed by atoms with Crippen LogP contribution >= 0.6 is 11.6 Å². The standard InChI is InChI=1S/C10H11ClN4OS/c1-15-5-7(13-14-15)6-17(16)10-8(11)3-2-4-9(10)12/h2-5H,6,12H2,1H3. The third kappa shape index (κ3) is 2.65. The monoisotopic (exact) mass is 270 g/mol. The van der Waals surface area contributed by atoms with Gasteiger partial charge in [0.1, 0.15) is 0 Å². The van der Waals surface area contributed by atoms with Crippen LogP contribution in [0.15, 0.2) is 29.3 Å². The van der Waals surface area contributed by atoms with Crippen LogP contribution in [0, 0.1) is 0 Å². The summed E-state index contributed by atoms with van der Waals surface area (Å²) in [6, 6.07) is 5.07. The van der Waals surface area contributed by atoms with Crippen LogP contribution in [0.3, 0.4) is 0 Å². The van der Waals surface area contributed by atoms with Crippen LogP contribution in [0.2, 0.25) is 5.02 Å². The fraction of sp³-hybridized carbons (Fsp3) is 0.200. The molecule has 7 heteroatoms. The number of nitrogens with two attached hydrogens (primary N) is 1. The molecule has 2 rings (SSSR count). The fourth-order valence-electron chi connectivity index (χ4n) is 1.43. The minimum absolute atomic E-state index is 0.252. The summed E-state index contributed by atoms with van der Waals surface area (Å²) in [5.74, 6) is 0.252. The van der Waals surface area contributed by atoms with Crippen molar-refractivity contribution in [3.05, 3.63) is 35.1 Å². The Morgan fingerprint density at radius 1 is 1.53 bits per heavy atom. The highest BCUT2D eigenvalue weighted by atomic mass is 35.5. The number of benzene rings is 1. The maximum atomic E-state index is 12.1. The van der Waals surface area contributed by atoms with Crippen molar-refractivity contribution in [3.8, 4) is 0 Å². The minimum atomic E-state index is -1.32. The molecular weight excluding hydrogens is 260 g/mol. The van der Waals surface area contributed by atoms with Gasteiger partial charge in [0.15, 0.2) is 0 Å². The minimum Gasteiger partial charge on any atom is -0.398 e. The van der Waals surface area contributed by atoms with Crippen molar-refractivity contribution in [2.75, 3.05) is 5.73 Å². The van der Waals surface area contributed by atoms with Gasteiger partial charge in [0.05, 0.1) is 32.2 Å². The lowest BCUT2D eigenvalue weighted by atomic mass is 10.3. The van der Waals surface area contributed by atoms with Crippen molar-refractivity contribution in [2.24, 2.45) is 7.05 Å². The zero-order valence-corrected chi connectivity index (χ0v) is 10.7. The number of nitrogen functional groups attached to an aromatic ring is 1. The summed E-state index contributed by atoms with van der Waals surface area (Å²) in [6.45, 7) is 0. The van der Waals surface area contributed by atoms with E-state index in [1.54, 1.807) is 36.1 Å². The number of aromatic nitrogens is 3. The number of hydrogen-bond donors (Lipinski definition) is 1. The molecule has 0 saturated carbocycles. The lowest BCUT2D eigenvalue weighted by Crippen LogP contribution is -2.02. The largest absolute Gasteiger partial charge is 0.398 e. The van der Waals surface area contributed by atoms with E-state index < -0.39 is 10.8 Å². The van der Waals surface area contributed by atoms with Crippen molar-refractivity contribution in [3.63, 3.8) is 0 Å². The molecule has 0 radical (unpaired) electrons. The lowest BCUT2D eigenvalue weighted by Gasteiger charge is -2.06. The highest BCUT2D eigenvalue weighted by Crippen LogP contribution is 2.26. The van der Waals surface area contributed by atoms with Gasteiger partial charge in [0, 0.05) is 18.9 Å². The van der Waals surface area contributed by atoms with Crippen molar-refractivity contribution >= 4 is 28.1 Å². The van der Waals surface area contributed by atoms with Gasteiger partial charge in [-0.3, -0.25) is 8.89 Å². The summed E-state index contributed by atoms with van der Waals surface area (Å²) in [5.41, 5.74) is 6.84. The van der Waals surface area contributed by atoms with Gasteiger partial charge < -0.3 is 5.73 Å². The van der Waals surface area contributed by atoms with E-state index in [0.717, 1.165) is 0 Å². The van der Waals surface area contributed by atoms with Crippen LogP contribution in [-0.2, 0) is 23.6 Å². The van der Waals surface area contributed by atoms with E-state index in [1.807, 2.05) is 0 Å². The molecule has 2 aromatic rings. The van der Waals surface area contributed by atoms with E-state index in [9.17, 15) is 4.21 Å². The summed E-state index contributed by atoms with van der Waals surface area (Å²) in [7, 11) is 0.436. The van der Waals surface area contributed by atoms with Gasteiger partial charge in [-0.1, -0.05) is 22.9 Å². The Bertz CT molecular complexity index is 549. The third-order valence-corrected chi connectivity index (χ3v) is 4.05. The zero-order chi connectivity index (χ0) is 12.4. The van der Waals surface area contributed by atoms with E-state index in [-0.39, 0.29) is 5.75 Å². The second-order valence-electron chi connectivity index (χ2n) is 3.53. The summed E-state index contributed by atoms with van der Waals surface area (Å²) in [6.07, 6.45) is 1.71. The molecule has 0 fully saturated rings. The summed E-state index contributed by atoms with van der Waals surface area (Å²) >= 11 is 5.98. The molecule has 0 aliphatic heterocycles. The molecule has 1 aromatic heterocycles. The number of rotatable bonds is 3. The Labute approximate surface area is 106 Å². The first kappa shape index (κ1) is 12.1. The molecule has 5 nitrogen and oxygen atoms in total. The van der Waals surface area contributed by atoms with E-state index in [0.29, 0.717) is 21.3 Å². The van der Waals surface area contributed by atoms with Crippen LogP contribution < -0.4 is 5.73 Å². The summed E-state index contributed by atoms with van der Waals surface area (Å²) in [4.78, 5) is 0.458. The first-order valence-electron chi connectivity index (χ1n) is 4.85. The molecule has 0 amide bonds. The maximum Gasteiger partial charge on any atom is 0.0955 e. The van der Waals surface area contributed by atoms with Crippen LogP contribution in [0.4, 0.5) is 5.69 Å². The molecule has 0 saturated heterocycles. The first-order chi connectivity index (χ1) is 8.08. The molecule has 1 unspecified atom stereocenters. The Kier molecular flexibility index (Phi) is 3.44. The van der Waals surface area contributed by atoms with Crippen molar-refractivity contribution in [1.29, 1.82) is 0 Å². The number of halogens is 1. The van der Waals surface area contributed by atoms with Gasteiger partial charge in [-0.25, -0.2) is 0 Å². The van der Waals surface area contributed by atoms with Gasteiger partial charge in [0.2, 0.25) is 0 Å². The zero-order valence-electron chi connectivity index (χ0n) is 9.13. The highest BCUT2D eigenvalue weighted by molar-refractivity contribution is 7.84. The van der Waals surface area contributed by atoms with E-state index in [1.165, 1.54) is 0 Å². The molecule has 1 aromatic carbocycles. The molecule has 90 valence electrons. The molecule has 1 atom stereocenters. The lowest BCUT2D eigenvalue weighted by molar-refractivity contribution is 0.682. The van der Waals surface area contributed by atoms with E-state index >= 15 is 0 Å². The topological polar surface area (TPSA) is 73.8 Å². The van der Waals surface area contributed by atoms with Crippen molar-refractivity contribution < 1.29 is 4.21 Å². The quantitative estimate of drug-likeness (QED) is 0.855. The molecule has 1 heterocycles. The van der Waals surface area contributed by atoms with E-state index in [2.05, 4.69) is 10.3 Å². The Balaban J connectivity index is 2.26. The summed E-state index contributed by atoms with van der Waals surface area (Å²) < 4.78 is 13.7. The molecular formula is C10H11ClN4OS. The number of hydrogen-bond acceptors (Lipinski definition) is 4. The smallest absolute Gasteiger partial charge is 0.0955 e. The molecule has 17 heavy (non-hydrogen) atoms. The normalized spacial score (nSPS) is 12.6. The average molecular weight is 271 g/mol. The third-order valence-electron chi connectivity index (χ3n) is 2.15.